The number of ether oxygens (including phenoxy) is 1. The van der Waals surface area contributed by atoms with E-state index < -0.39 is 5.97 Å². The number of carbonyl (C=O) groups excluding carboxylic acids is 1. The van der Waals surface area contributed by atoms with Crippen LogP contribution in [0.4, 0.5) is 5.69 Å². The zero-order chi connectivity index (χ0) is 16.2. The summed E-state index contributed by atoms with van der Waals surface area (Å²) in [6.07, 6.45) is 2.30. The third-order valence-electron chi connectivity index (χ3n) is 4.15. The largest absolute Gasteiger partial charge is 0.506 e. The van der Waals surface area contributed by atoms with E-state index in [9.17, 15) is 9.90 Å². The Balaban J connectivity index is 2.11. The van der Waals surface area contributed by atoms with Gasteiger partial charge in [0.05, 0.1) is 6.61 Å². The van der Waals surface area contributed by atoms with Crippen molar-refractivity contribution in [1.29, 1.82) is 0 Å². The maximum Gasteiger partial charge on any atom is 0.342 e. The second-order valence-electron chi connectivity index (χ2n) is 5.67. The van der Waals surface area contributed by atoms with Crippen LogP contribution in [0.5, 0.6) is 5.75 Å². The van der Waals surface area contributed by atoms with Gasteiger partial charge in [0.25, 0.3) is 0 Å². The zero-order valence-electron chi connectivity index (χ0n) is 13.3. The first kappa shape index (κ1) is 15.4. The second-order valence-corrected chi connectivity index (χ2v) is 5.67. The molecule has 4 heteroatoms. The second kappa shape index (κ2) is 6.73. The molecule has 0 saturated carbocycles. The van der Waals surface area contributed by atoms with E-state index in [2.05, 4.69) is 4.90 Å². The first-order chi connectivity index (χ1) is 11.2. The molecule has 0 aromatic heterocycles. The monoisotopic (exact) mass is 311 g/mol. The quantitative estimate of drug-likeness (QED) is 0.872. The molecule has 1 heterocycles. The zero-order valence-corrected chi connectivity index (χ0v) is 13.3. The van der Waals surface area contributed by atoms with E-state index in [0.717, 1.165) is 37.2 Å². The molecule has 120 valence electrons. The highest BCUT2D eigenvalue weighted by atomic mass is 16.5. The smallest absolute Gasteiger partial charge is 0.342 e. The van der Waals surface area contributed by atoms with E-state index >= 15 is 0 Å². The Morgan fingerprint density at radius 1 is 1.17 bits per heavy atom. The molecule has 0 atom stereocenters. The van der Waals surface area contributed by atoms with Gasteiger partial charge >= 0.3 is 5.97 Å². The number of rotatable bonds is 4. The highest BCUT2D eigenvalue weighted by Crippen LogP contribution is 2.37. The van der Waals surface area contributed by atoms with E-state index in [4.69, 9.17) is 4.74 Å². The summed E-state index contributed by atoms with van der Waals surface area (Å²) in [7, 11) is 0. The maximum atomic E-state index is 12.2. The summed E-state index contributed by atoms with van der Waals surface area (Å²) in [5.41, 5.74) is 2.74. The van der Waals surface area contributed by atoms with Crippen molar-refractivity contribution in [3.8, 4) is 16.9 Å². The van der Waals surface area contributed by atoms with E-state index in [-0.39, 0.29) is 17.9 Å². The highest BCUT2D eigenvalue weighted by molar-refractivity contribution is 5.97. The molecule has 0 radical (unpaired) electrons. The van der Waals surface area contributed by atoms with Gasteiger partial charge in [-0.1, -0.05) is 30.3 Å². The van der Waals surface area contributed by atoms with Gasteiger partial charge in [-0.15, -0.1) is 0 Å². The number of benzene rings is 2. The minimum atomic E-state index is -0.483. The minimum Gasteiger partial charge on any atom is -0.506 e. The molecule has 1 N–H and O–H groups in total. The molecular weight excluding hydrogens is 290 g/mol. The summed E-state index contributed by atoms with van der Waals surface area (Å²) in [5.74, 6) is -0.499. The van der Waals surface area contributed by atoms with Crippen molar-refractivity contribution in [3.05, 3.63) is 48.0 Å². The Morgan fingerprint density at radius 2 is 1.87 bits per heavy atom. The summed E-state index contributed by atoms with van der Waals surface area (Å²) < 4.78 is 5.10. The fourth-order valence-electron chi connectivity index (χ4n) is 2.98. The molecule has 1 aliphatic rings. The van der Waals surface area contributed by atoms with Crippen LogP contribution in [0.1, 0.15) is 30.1 Å². The fraction of sp³-hybridized carbons (Fsp3) is 0.316. The molecule has 3 rings (SSSR count). The predicted octanol–water partition coefficient (Wildman–Crippen LogP) is 3.84. The number of aromatic hydroxyl groups is 1. The molecular formula is C19H21NO3. The SMILES string of the molecule is CCOC(=O)c1cc(N2CCCC2)cc(-c2ccccc2)c1O. The van der Waals surface area contributed by atoms with Crippen LogP contribution < -0.4 is 4.90 Å². The Morgan fingerprint density at radius 3 is 2.52 bits per heavy atom. The summed E-state index contributed by atoms with van der Waals surface area (Å²) in [6, 6.07) is 13.3. The van der Waals surface area contributed by atoms with Crippen LogP contribution in [0.2, 0.25) is 0 Å². The third kappa shape index (κ3) is 3.16. The normalized spacial score (nSPS) is 14.0. The number of esters is 1. The van der Waals surface area contributed by atoms with E-state index in [1.165, 1.54) is 0 Å². The van der Waals surface area contributed by atoms with Crippen LogP contribution in [-0.2, 0) is 4.74 Å². The standard InChI is InChI=1S/C19H21NO3/c1-2-23-19(22)17-13-15(20-10-6-7-11-20)12-16(18(17)21)14-8-4-3-5-9-14/h3-5,8-9,12-13,21H,2,6-7,10-11H2,1H3. The van der Waals surface area contributed by atoms with Crippen molar-refractivity contribution in [1.82, 2.24) is 0 Å². The Kier molecular flexibility index (Phi) is 4.51. The first-order valence-electron chi connectivity index (χ1n) is 8.05. The minimum absolute atomic E-state index is 0.0161. The third-order valence-corrected chi connectivity index (χ3v) is 4.15. The lowest BCUT2D eigenvalue weighted by Gasteiger charge is -2.21. The van der Waals surface area contributed by atoms with Crippen LogP contribution in [0.3, 0.4) is 0 Å². The van der Waals surface area contributed by atoms with Gasteiger partial charge in [0.2, 0.25) is 0 Å². The Bertz CT molecular complexity index is 691. The average molecular weight is 311 g/mol. The average Bonchev–Trinajstić information content (AvgIpc) is 3.10. The maximum absolute atomic E-state index is 12.2. The van der Waals surface area contributed by atoms with Gasteiger partial charge in [-0.05, 0) is 37.5 Å². The first-order valence-corrected chi connectivity index (χ1v) is 8.05. The van der Waals surface area contributed by atoms with Gasteiger partial charge < -0.3 is 14.7 Å². The molecule has 1 saturated heterocycles. The lowest BCUT2D eigenvalue weighted by molar-refractivity contribution is 0.0523. The van der Waals surface area contributed by atoms with Gasteiger partial charge in [-0.25, -0.2) is 4.79 Å². The molecule has 4 nitrogen and oxygen atoms in total. The van der Waals surface area contributed by atoms with Crippen LogP contribution in [-0.4, -0.2) is 30.8 Å². The molecule has 0 spiro atoms. The van der Waals surface area contributed by atoms with Gasteiger partial charge in [-0.2, -0.15) is 0 Å². The van der Waals surface area contributed by atoms with Crippen molar-refractivity contribution in [2.75, 3.05) is 24.6 Å². The number of phenols is 1. The summed E-state index contributed by atoms with van der Waals surface area (Å²) in [4.78, 5) is 14.5. The van der Waals surface area contributed by atoms with Crippen LogP contribution in [0, 0.1) is 0 Å². The van der Waals surface area contributed by atoms with Crippen molar-refractivity contribution < 1.29 is 14.6 Å². The fourth-order valence-corrected chi connectivity index (χ4v) is 2.98. The lowest BCUT2D eigenvalue weighted by atomic mass is 10.00. The molecule has 2 aromatic rings. The summed E-state index contributed by atoms with van der Waals surface area (Å²) in [6.45, 7) is 3.99. The molecule has 0 amide bonds. The Labute approximate surface area is 136 Å². The van der Waals surface area contributed by atoms with Crippen LogP contribution >= 0.6 is 0 Å². The summed E-state index contributed by atoms with van der Waals surface area (Å²) in [5, 5.41) is 10.6. The van der Waals surface area contributed by atoms with Gasteiger partial charge in [0, 0.05) is 24.3 Å². The summed E-state index contributed by atoms with van der Waals surface area (Å²) >= 11 is 0. The lowest BCUT2D eigenvalue weighted by Crippen LogP contribution is -2.18. The van der Waals surface area contributed by atoms with E-state index in [1.54, 1.807) is 13.0 Å². The van der Waals surface area contributed by atoms with Crippen LogP contribution in [0.25, 0.3) is 11.1 Å². The van der Waals surface area contributed by atoms with Gasteiger partial charge in [-0.3, -0.25) is 0 Å². The molecule has 23 heavy (non-hydrogen) atoms. The van der Waals surface area contributed by atoms with Gasteiger partial charge in [0.1, 0.15) is 11.3 Å². The van der Waals surface area contributed by atoms with E-state index in [0.29, 0.717) is 5.56 Å². The number of anilines is 1. The topological polar surface area (TPSA) is 49.8 Å². The van der Waals surface area contributed by atoms with Crippen LogP contribution in [0.15, 0.2) is 42.5 Å². The molecule has 1 fully saturated rings. The molecule has 0 unspecified atom stereocenters. The molecule has 0 bridgehead atoms. The molecule has 0 aliphatic carbocycles. The molecule has 1 aliphatic heterocycles. The van der Waals surface area contributed by atoms with Gasteiger partial charge in [0.15, 0.2) is 0 Å². The number of carbonyl (C=O) groups is 1. The van der Waals surface area contributed by atoms with Crippen molar-refractivity contribution in [2.45, 2.75) is 19.8 Å². The highest BCUT2D eigenvalue weighted by Gasteiger charge is 2.21. The molecule has 2 aromatic carbocycles. The number of nitrogens with zero attached hydrogens (tertiary/aromatic N) is 1. The Hall–Kier alpha value is -2.49. The number of phenolic OH excluding ortho intramolecular Hbond substituents is 1. The number of hydrogen-bond acceptors (Lipinski definition) is 4. The van der Waals surface area contributed by atoms with Crippen molar-refractivity contribution >= 4 is 11.7 Å². The van der Waals surface area contributed by atoms with E-state index in [1.807, 2.05) is 36.4 Å². The predicted molar refractivity (Wildman–Crippen MR) is 90.9 cm³/mol. The van der Waals surface area contributed by atoms with Crippen molar-refractivity contribution in [2.24, 2.45) is 0 Å². The number of hydrogen-bond donors (Lipinski definition) is 1. The van der Waals surface area contributed by atoms with Crippen molar-refractivity contribution in [3.63, 3.8) is 0 Å².